The molecule has 1 aromatic rings. The number of ether oxygens (including phenoxy) is 2. The van der Waals surface area contributed by atoms with Crippen LogP contribution in [0, 0.1) is 6.92 Å². The van der Waals surface area contributed by atoms with Gasteiger partial charge in [0.15, 0.2) is 0 Å². The van der Waals surface area contributed by atoms with Gasteiger partial charge in [0.1, 0.15) is 10.8 Å². The van der Waals surface area contributed by atoms with E-state index in [9.17, 15) is 0 Å². The van der Waals surface area contributed by atoms with Gasteiger partial charge in [0.05, 0.1) is 13.2 Å². The maximum absolute atomic E-state index is 5.69. The van der Waals surface area contributed by atoms with Gasteiger partial charge >= 0.3 is 0 Å². The first-order chi connectivity index (χ1) is 9.08. The quantitative estimate of drug-likeness (QED) is 0.722. The van der Waals surface area contributed by atoms with Crippen LogP contribution in [0.15, 0.2) is 12.1 Å². The summed E-state index contributed by atoms with van der Waals surface area (Å²) in [6, 6.07) is 3.79. The lowest BCUT2D eigenvalue weighted by molar-refractivity contribution is 0.190. The van der Waals surface area contributed by atoms with Crippen molar-refractivity contribution in [2.24, 2.45) is 5.73 Å². The number of anilines is 1. The van der Waals surface area contributed by atoms with Gasteiger partial charge in [-0.1, -0.05) is 12.2 Å². The minimum atomic E-state index is 0.380. The Kier molecular flexibility index (Phi) is 6.69. The predicted molar refractivity (Wildman–Crippen MR) is 80.8 cm³/mol. The molecule has 0 aliphatic rings. The third kappa shape index (κ3) is 5.10. The Labute approximate surface area is 119 Å². The highest BCUT2D eigenvalue weighted by molar-refractivity contribution is 7.80. The maximum atomic E-state index is 5.69. The van der Waals surface area contributed by atoms with E-state index in [1.807, 2.05) is 19.1 Å². The van der Waals surface area contributed by atoms with Gasteiger partial charge in [-0.3, -0.25) is 0 Å². The number of hydrogen-bond acceptors (Lipinski definition) is 5. The fourth-order valence-electron chi connectivity index (χ4n) is 1.70. The van der Waals surface area contributed by atoms with Crippen molar-refractivity contribution in [1.82, 2.24) is 4.98 Å². The smallest absolute Gasteiger partial charge is 0.129 e. The molecule has 106 valence electrons. The third-order valence-electron chi connectivity index (χ3n) is 2.68. The first-order valence-corrected chi connectivity index (χ1v) is 6.50. The number of pyridine rings is 1. The van der Waals surface area contributed by atoms with E-state index < -0.39 is 0 Å². The fourth-order valence-corrected chi connectivity index (χ4v) is 1.82. The van der Waals surface area contributed by atoms with Crippen molar-refractivity contribution in [2.45, 2.75) is 6.92 Å². The number of thiocarbonyl (C=S) groups is 1. The van der Waals surface area contributed by atoms with Gasteiger partial charge in [-0.2, -0.15) is 0 Å². The van der Waals surface area contributed by atoms with Gasteiger partial charge in [-0.15, -0.1) is 0 Å². The van der Waals surface area contributed by atoms with E-state index in [1.165, 1.54) is 0 Å². The normalized spacial score (nSPS) is 10.5. The molecule has 0 bridgehead atoms. The van der Waals surface area contributed by atoms with E-state index in [4.69, 9.17) is 27.4 Å². The Morgan fingerprint density at radius 3 is 2.32 bits per heavy atom. The number of hydrogen-bond donors (Lipinski definition) is 1. The van der Waals surface area contributed by atoms with E-state index in [-0.39, 0.29) is 0 Å². The predicted octanol–water partition coefficient (Wildman–Crippen LogP) is 1.12. The molecule has 0 aliphatic carbocycles. The highest BCUT2D eigenvalue weighted by Gasteiger charge is 2.10. The van der Waals surface area contributed by atoms with E-state index >= 15 is 0 Å². The van der Waals surface area contributed by atoms with E-state index in [1.54, 1.807) is 14.2 Å². The topological polar surface area (TPSA) is 60.6 Å². The average molecular weight is 283 g/mol. The van der Waals surface area contributed by atoms with Crippen molar-refractivity contribution in [1.29, 1.82) is 0 Å². The van der Waals surface area contributed by atoms with Crippen LogP contribution < -0.4 is 10.6 Å². The van der Waals surface area contributed by atoms with Crippen molar-refractivity contribution in [3.63, 3.8) is 0 Å². The SMILES string of the molecule is COCCN(CCOC)c1cc(C(N)=S)cc(C)n1. The molecule has 19 heavy (non-hydrogen) atoms. The molecule has 6 heteroatoms. The highest BCUT2D eigenvalue weighted by atomic mass is 32.1. The summed E-state index contributed by atoms with van der Waals surface area (Å²) in [7, 11) is 3.36. The fraction of sp³-hybridized carbons (Fsp3) is 0.538. The Bertz CT molecular complexity index is 418. The summed E-state index contributed by atoms with van der Waals surface area (Å²) < 4.78 is 10.2. The molecule has 5 nitrogen and oxygen atoms in total. The number of aromatic nitrogens is 1. The van der Waals surface area contributed by atoms with Crippen LogP contribution in [0.2, 0.25) is 0 Å². The maximum Gasteiger partial charge on any atom is 0.129 e. The standard InChI is InChI=1S/C13H21N3O2S/c1-10-8-11(13(14)19)9-12(15-10)16(4-6-17-2)5-7-18-3/h8-9H,4-7H2,1-3H3,(H2,14,19). The molecule has 0 fully saturated rings. The lowest BCUT2D eigenvalue weighted by Gasteiger charge is -2.24. The second-order valence-electron chi connectivity index (χ2n) is 4.19. The first kappa shape index (κ1) is 15.8. The monoisotopic (exact) mass is 283 g/mol. The van der Waals surface area contributed by atoms with E-state index in [0.29, 0.717) is 18.2 Å². The van der Waals surface area contributed by atoms with Gasteiger partial charge in [-0.05, 0) is 19.1 Å². The molecule has 0 unspecified atom stereocenters. The zero-order chi connectivity index (χ0) is 14.3. The van der Waals surface area contributed by atoms with Crippen LogP contribution in [0.25, 0.3) is 0 Å². The van der Waals surface area contributed by atoms with Gasteiger partial charge in [-0.25, -0.2) is 4.98 Å². The van der Waals surface area contributed by atoms with Crippen molar-refractivity contribution in [2.75, 3.05) is 45.4 Å². The second-order valence-corrected chi connectivity index (χ2v) is 4.63. The molecule has 0 saturated carbocycles. The minimum absolute atomic E-state index is 0.380. The van der Waals surface area contributed by atoms with Gasteiger partial charge in [0.25, 0.3) is 0 Å². The molecule has 0 atom stereocenters. The molecule has 2 N–H and O–H groups in total. The number of nitrogens with two attached hydrogens (primary N) is 1. The summed E-state index contributed by atoms with van der Waals surface area (Å²) >= 11 is 5.02. The summed E-state index contributed by atoms with van der Waals surface area (Å²) in [6.07, 6.45) is 0. The summed E-state index contributed by atoms with van der Waals surface area (Å²) in [6.45, 7) is 4.67. The number of aryl methyl sites for hydroxylation is 1. The molecule has 0 saturated heterocycles. The third-order valence-corrected chi connectivity index (χ3v) is 2.91. The summed E-state index contributed by atoms with van der Waals surface area (Å²) in [5.74, 6) is 0.844. The number of nitrogens with zero attached hydrogens (tertiary/aromatic N) is 2. The highest BCUT2D eigenvalue weighted by Crippen LogP contribution is 2.15. The molecule has 0 radical (unpaired) electrons. The van der Waals surface area contributed by atoms with Crippen LogP contribution in [-0.2, 0) is 9.47 Å². The lowest BCUT2D eigenvalue weighted by atomic mass is 10.2. The molecule has 1 heterocycles. The van der Waals surface area contributed by atoms with Crippen LogP contribution in [0.3, 0.4) is 0 Å². The molecule has 1 rings (SSSR count). The molecule has 1 aromatic heterocycles. The van der Waals surface area contributed by atoms with Crippen LogP contribution in [0.4, 0.5) is 5.82 Å². The van der Waals surface area contributed by atoms with Crippen molar-refractivity contribution in [3.05, 3.63) is 23.4 Å². The van der Waals surface area contributed by atoms with Crippen molar-refractivity contribution < 1.29 is 9.47 Å². The molecule has 0 amide bonds. The van der Waals surface area contributed by atoms with Gasteiger partial charge in [0.2, 0.25) is 0 Å². The van der Waals surface area contributed by atoms with Gasteiger partial charge in [0, 0.05) is 38.6 Å². The minimum Gasteiger partial charge on any atom is -0.389 e. The Balaban J connectivity index is 2.95. The van der Waals surface area contributed by atoms with Crippen molar-refractivity contribution in [3.8, 4) is 0 Å². The summed E-state index contributed by atoms with van der Waals surface area (Å²) in [4.78, 5) is 7.00. The Hall–Kier alpha value is -1.24. The Morgan fingerprint density at radius 1 is 1.26 bits per heavy atom. The first-order valence-electron chi connectivity index (χ1n) is 6.09. The average Bonchev–Trinajstić information content (AvgIpc) is 2.38. The van der Waals surface area contributed by atoms with Gasteiger partial charge < -0.3 is 20.1 Å². The summed E-state index contributed by atoms with van der Waals surface area (Å²) in [5, 5.41) is 0. The molecule has 0 aliphatic heterocycles. The van der Waals surface area contributed by atoms with E-state index in [2.05, 4.69) is 9.88 Å². The zero-order valence-corrected chi connectivity index (χ0v) is 12.5. The summed E-state index contributed by atoms with van der Waals surface area (Å²) in [5.41, 5.74) is 7.41. The molecule has 0 aromatic carbocycles. The lowest BCUT2D eigenvalue weighted by Crippen LogP contribution is -2.31. The largest absolute Gasteiger partial charge is 0.389 e. The second kappa shape index (κ2) is 8.04. The molecular formula is C13H21N3O2S. The van der Waals surface area contributed by atoms with Crippen LogP contribution in [0.5, 0.6) is 0 Å². The molecular weight excluding hydrogens is 262 g/mol. The van der Waals surface area contributed by atoms with Crippen LogP contribution in [-0.4, -0.2) is 50.5 Å². The molecule has 0 spiro atoms. The van der Waals surface area contributed by atoms with Crippen LogP contribution in [0.1, 0.15) is 11.3 Å². The van der Waals surface area contributed by atoms with E-state index in [0.717, 1.165) is 30.2 Å². The number of rotatable bonds is 8. The van der Waals surface area contributed by atoms with Crippen LogP contribution >= 0.6 is 12.2 Å². The number of methoxy groups -OCH3 is 2. The zero-order valence-electron chi connectivity index (χ0n) is 11.7. The Morgan fingerprint density at radius 2 is 1.84 bits per heavy atom. The van der Waals surface area contributed by atoms with Crippen molar-refractivity contribution >= 4 is 23.0 Å².